The first-order chi connectivity index (χ1) is 12.2. The molecule has 0 unspecified atom stereocenters. The summed E-state index contributed by atoms with van der Waals surface area (Å²) >= 11 is 0. The highest BCUT2D eigenvalue weighted by atomic mass is 16.4. The normalized spacial score (nSPS) is 10.7. The molecule has 0 saturated carbocycles. The van der Waals surface area contributed by atoms with E-state index in [0.29, 0.717) is 22.6 Å². The van der Waals surface area contributed by atoms with Gasteiger partial charge in [0.25, 0.3) is 0 Å². The minimum atomic E-state index is -0.664. The van der Waals surface area contributed by atoms with E-state index in [0.717, 1.165) is 16.5 Å². The summed E-state index contributed by atoms with van der Waals surface area (Å²) in [7, 11) is 0. The van der Waals surface area contributed by atoms with Crippen molar-refractivity contribution in [2.45, 2.75) is 0 Å². The fourth-order valence-electron chi connectivity index (χ4n) is 2.94. The molecule has 4 aromatic rings. The first-order valence-electron chi connectivity index (χ1n) is 7.68. The minimum Gasteiger partial charge on any atom is -0.422 e. The number of aromatic amines is 1. The number of hydrogen-bond acceptors (Lipinski definition) is 4. The number of nitrogens with one attached hydrogen (secondary N) is 1. The van der Waals surface area contributed by atoms with Gasteiger partial charge in [-0.1, -0.05) is 30.3 Å². The molecule has 5 heteroatoms. The molecule has 25 heavy (non-hydrogen) atoms. The van der Waals surface area contributed by atoms with Crippen LogP contribution in [0, 0.1) is 11.3 Å². The largest absolute Gasteiger partial charge is 0.422 e. The molecule has 120 valence electrons. The predicted octanol–water partition coefficient (Wildman–Crippen LogP) is 3.91. The van der Waals surface area contributed by atoms with Gasteiger partial charge >= 0.3 is 5.63 Å². The van der Waals surface area contributed by atoms with Crippen molar-refractivity contribution >= 4 is 16.6 Å². The Hall–Kier alpha value is -3.78. The van der Waals surface area contributed by atoms with Gasteiger partial charge in [-0.25, -0.2) is 4.79 Å². The highest BCUT2D eigenvalue weighted by Gasteiger charge is 2.17. The number of rotatable bonds is 2. The topological polar surface area (TPSA) is 95.8 Å². The van der Waals surface area contributed by atoms with E-state index in [2.05, 4.69) is 4.98 Å². The van der Waals surface area contributed by atoms with Crippen molar-refractivity contribution in [1.82, 2.24) is 4.98 Å². The number of hydrogen-bond donors (Lipinski definition) is 2. The van der Waals surface area contributed by atoms with Gasteiger partial charge in [-0.2, -0.15) is 5.26 Å². The lowest BCUT2D eigenvalue weighted by atomic mass is 9.99. The van der Waals surface area contributed by atoms with Crippen LogP contribution in [0.15, 0.2) is 70.0 Å². The third kappa shape index (κ3) is 2.46. The fourth-order valence-corrected chi connectivity index (χ4v) is 2.94. The number of para-hydroxylation sites is 1. The molecule has 0 spiro atoms. The molecular formula is C20H13N3O2. The summed E-state index contributed by atoms with van der Waals surface area (Å²) in [5, 5.41) is 10.4. The van der Waals surface area contributed by atoms with Crippen LogP contribution in [0.4, 0.5) is 5.69 Å². The first-order valence-corrected chi connectivity index (χ1v) is 7.68. The average Bonchev–Trinajstić information content (AvgIpc) is 3.05. The summed E-state index contributed by atoms with van der Waals surface area (Å²) in [5.41, 5.74) is 8.64. The van der Waals surface area contributed by atoms with Crippen molar-refractivity contribution in [2.75, 3.05) is 5.73 Å². The van der Waals surface area contributed by atoms with Crippen molar-refractivity contribution in [3.05, 3.63) is 76.8 Å². The molecule has 0 aliphatic rings. The fraction of sp³-hybridized carbons (Fsp3) is 0. The number of nitriles is 1. The number of fused-ring (bicyclic) bond motifs is 1. The summed E-state index contributed by atoms with van der Waals surface area (Å²) in [4.78, 5) is 15.5. The predicted molar refractivity (Wildman–Crippen MR) is 96.8 cm³/mol. The van der Waals surface area contributed by atoms with Crippen molar-refractivity contribution in [2.24, 2.45) is 0 Å². The van der Waals surface area contributed by atoms with Gasteiger partial charge in [-0.3, -0.25) is 0 Å². The van der Waals surface area contributed by atoms with Gasteiger partial charge in [-0.15, -0.1) is 0 Å². The van der Waals surface area contributed by atoms with Crippen LogP contribution in [0.5, 0.6) is 0 Å². The molecule has 0 amide bonds. The van der Waals surface area contributed by atoms with E-state index in [1.807, 2.05) is 30.3 Å². The number of anilines is 1. The van der Waals surface area contributed by atoms with Crippen LogP contribution in [-0.4, -0.2) is 4.98 Å². The first kappa shape index (κ1) is 14.8. The Morgan fingerprint density at radius 2 is 1.88 bits per heavy atom. The van der Waals surface area contributed by atoms with E-state index in [-0.39, 0.29) is 5.56 Å². The molecule has 2 heterocycles. The molecule has 0 fully saturated rings. The van der Waals surface area contributed by atoms with Gasteiger partial charge in [0, 0.05) is 39.5 Å². The molecule has 0 aliphatic heterocycles. The molecule has 0 atom stereocenters. The lowest BCUT2D eigenvalue weighted by molar-refractivity contribution is 0.524. The number of nitrogen functional groups attached to an aromatic ring is 1. The summed E-state index contributed by atoms with van der Waals surface area (Å²) in [6.45, 7) is 0. The van der Waals surface area contributed by atoms with Gasteiger partial charge in [0.1, 0.15) is 17.4 Å². The van der Waals surface area contributed by atoms with Crippen molar-refractivity contribution in [3.8, 4) is 28.5 Å². The Kier molecular flexibility index (Phi) is 3.37. The molecule has 4 rings (SSSR count). The second-order valence-electron chi connectivity index (χ2n) is 5.67. The smallest absolute Gasteiger partial charge is 0.354 e. The SMILES string of the molecule is N#Cc1c(-c2c[nH]c3ccccc23)cc(-c2cccc(N)c2)oc1=O. The molecule has 5 nitrogen and oxygen atoms in total. The second-order valence-corrected chi connectivity index (χ2v) is 5.67. The molecular weight excluding hydrogens is 314 g/mol. The van der Waals surface area contributed by atoms with Crippen LogP contribution in [0.3, 0.4) is 0 Å². The Morgan fingerprint density at radius 1 is 1.04 bits per heavy atom. The second kappa shape index (κ2) is 5.69. The maximum Gasteiger partial charge on any atom is 0.354 e. The molecule has 3 N–H and O–H groups in total. The quantitative estimate of drug-likeness (QED) is 0.546. The monoisotopic (exact) mass is 327 g/mol. The Bertz CT molecular complexity index is 1200. The molecule has 0 bridgehead atoms. The molecule has 0 saturated heterocycles. The number of benzene rings is 2. The van der Waals surface area contributed by atoms with E-state index in [4.69, 9.17) is 10.2 Å². The minimum absolute atomic E-state index is 0.0163. The van der Waals surface area contributed by atoms with Gasteiger partial charge in [0.15, 0.2) is 0 Å². The molecule has 0 radical (unpaired) electrons. The Labute approximate surface area is 143 Å². The maximum absolute atomic E-state index is 12.4. The zero-order valence-corrected chi connectivity index (χ0v) is 13.1. The number of aromatic nitrogens is 1. The van der Waals surface area contributed by atoms with Crippen LogP contribution in [0.1, 0.15) is 5.56 Å². The lowest BCUT2D eigenvalue weighted by Gasteiger charge is -2.06. The van der Waals surface area contributed by atoms with Crippen molar-refractivity contribution in [3.63, 3.8) is 0 Å². The Balaban J connectivity index is 2.02. The van der Waals surface area contributed by atoms with Crippen molar-refractivity contribution in [1.29, 1.82) is 5.26 Å². The summed E-state index contributed by atoms with van der Waals surface area (Å²) < 4.78 is 5.35. The summed E-state index contributed by atoms with van der Waals surface area (Å²) in [6.07, 6.45) is 1.80. The highest BCUT2D eigenvalue weighted by Crippen LogP contribution is 2.32. The third-order valence-corrected chi connectivity index (χ3v) is 4.11. The number of nitrogens with zero attached hydrogens (tertiary/aromatic N) is 1. The number of nitrogens with two attached hydrogens (primary N) is 1. The van der Waals surface area contributed by atoms with E-state index >= 15 is 0 Å². The van der Waals surface area contributed by atoms with E-state index < -0.39 is 5.63 Å². The van der Waals surface area contributed by atoms with E-state index in [1.165, 1.54) is 0 Å². The lowest BCUT2D eigenvalue weighted by Crippen LogP contribution is -2.06. The molecule has 0 aliphatic carbocycles. The van der Waals surface area contributed by atoms with Gasteiger partial charge < -0.3 is 15.1 Å². The average molecular weight is 327 g/mol. The summed E-state index contributed by atoms with van der Waals surface area (Å²) in [5.74, 6) is 0.372. The van der Waals surface area contributed by atoms with Crippen LogP contribution < -0.4 is 11.4 Å². The van der Waals surface area contributed by atoms with E-state index in [9.17, 15) is 10.1 Å². The third-order valence-electron chi connectivity index (χ3n) is 4.11. The van der Waals surface area contributed by atoms with Crippen molar-refractivity contribution < 1.29 is 4.42 Å². The summed E-state index contributed by atoms with van der Waals surface area (Å²) in [6, 6.07) is 18.5. The number of H-pyrrole nitrogens is 1. The van der Waals surface area contributed by atoms with Crippen LogP contribution >= 0.6 is 0 Å². The zero-order chi connectivity index (χ0) is 17.4. The van der Waals surface area contributed by atoms with Crippen LogP contribution in [0.2, 0.25) is 0 Å². The van der Waals surface area contributed by atoms with Gasteiger partial charge in [-0.05, 0) is 24.3 Å². The zero-order valence-electron chi connectivity index (χ0n) is 13.1. The highest BCUT2D eigenvalue weighted by molar-refractivity contribution is 5.97. The molecule has 2 aromatic heterocycles. The van der Waals surface area contributed by atoms with Crippen LogP contribution in [-0.2, 0) is 0 Å². The maximum atomic E-state index is 12.4. The van der Waals surface area contributed by atoms with Gasteiger partial charge in [0.05, 0.1) is 0 Å². The molecule has 2 aromatic carbocycles. The standard InChI is InChI=1S/C20H13N3O2/c21-10-16-15(17-11-23-18-7-2-1-6-14(17)18)9-19(25-20(16)24)12-4-3-5-13(22)8-12/h1-9,11,23H,22H2. The van der Waals surface area contributed by atoms with Crippen LogP contribution in [0.25, 0.3) is 33.4 Å². The van der Waals surface area contributed by atoms with Gasteiger partial charge in [0.2, 0.25) is 0 Å². The van der Waals surface area contributed by atoms with E-state index in [1.54, 1.807) is 36.5 Å². The Morgan fingerprint density at radius 3 is 2.68 bits per heavy atom.